The molecule has 0 amide bonds. The fourth-order valence-corrected chi connectivity index (χ4v) is 4.19. The summed E-state index contributed by atoms with van der Waals surface area (Å²) in [6.07, 6.45) is 0. The van der Waals surface area contributed by atoms with Gasteiger partial charge in [-0.15, -0.1) is 0 Å². The fourth-order valence-electron chi connectivity index (χ4n) is 3.83. The number of rotatable bonds is 0. The number of para-hydroxylation sites is 1. The van der Waals surface area contributed by atoms with Crippen LogP contribution in [0.5, 0.6) is 0 Å². The van der Waals surface area contributed by atoms with E-state index in [0.29, 0.717) is 0 Å². The molecule has 0 spiro atoms. The third-order valence-corrected chi connectivity index (χ3v) is 5.50. The van der Waals surface area contributed by atoms with Crippen molar-refractivity contribution in [2.24, 2.45) is 14.1 Å². The first kappa shape index (κ1) is 13.2. The Labute approximate surface area is 142 Å². The van der Waals surface area contributed by atoms with Crippen molar-refractivity contribution >= 4 is 59.5 Å². The maximum absolute atomic E-state index is 3.61. The van der Waals surface area contributed by atoms with Crippen LogP contribution in [-0.4, -0.2) is 9.13 Å². The van der Waals surface area contributed by atoms with E-state index in [2.05, 4.69) is 93.8 Å². The van der Waals surface area contributed by atoms with Crippen molar-refractivity contribution in [2.75, 3.05) is 0 Å². The Morgan fingerprint density at radius 1 is 0.609 bits per heavy atom. The van der Waals surface area contributed by atoms with Crippen molar-refractivity contribution in [3.05, 3.63) is 59.1 Å². The van der Waals surface area contributed by atoms with E-state index >= 15 is 0 Å². The molecule has 2 aromatic heterocycles. The predicted molar refractivity (Wildman–Crippen MR) is 102 cm³/mol. The van der Waals surface area contributed by atoms with Gasteiger partial charge in [0.25, 0.3) is 0 Å². The molecule has 3 aromatic carbocycles. The lowest BCUT2D eigenvalue weighted by Gasteiger charge is -2.00. The van der Waals surface area contributed by atoms with E-state index < -0.39 is 0 Å². The van der Waals surface area contributed by atoms with Gasteiger partial charge >= 0.3 is 0 Å². The molecule has 23 heavy (non-hydrogen) atoms. The first-order valence-electron chi connectivity index (χ1n) is 7.70. The highest BCUT2D eigenvalue weighted by Crippen LogP contribution is 2.36. The molecule has 0 aliphatic heterocycles. The van der Waals surface area contributed by atoms with Crippen molar-refractivity contribution < 1.29 is 0 Å². The van der Waals surface area contributed by atoms with Crippen LogP contribution in [0.25, 0.3) is 43.6 Å². The zero-order valence-electron chi connectivity index (χ0n) is 13.0. The Hall–Kier alpha value is -2.26. The largest absolute Gasteiger partial charge is 0.344 e. The number of nitrogens with zero attached hydrogens (tertiary/aromatic N) is 2. The van der Waals surface area contributed by atoms with E-state index in [1.54, 1.807) is 0 Å². The lowest BCUT2D eigenvalue weighted by atomic mass is 10.1. The monoisotopic (exact) mass is 362 g/mol. The van der Waals surface area contributed by atoms with Gasteiger partial charge in [0.2, 0.25) is 0 Å². The minimum atomic E-state index is 1.12. The molecular formula is C20H15BrN2. The Kier molecular flexibility index (Phi) is 2.52. The first-order valence-corrected chi connectivity index (χ1v) is 8.49. The molecule has 0 unspecified atom stereocenters. The highest BCUT2D eigenvalue weighted by molar-refractivity contribution is 9.10. The number of hydrogen-bond acceptors (Lipinski definition) is 0. The molecule has 0 fully saturated rings. The van der Waals surface area contributed by atoms with Crippen molar-refractivity contribution in [3.8, 4) is 0 Å². The van der Waals surface area contributed by atoms with Crippen molar-refractivity contribution in [1.82, 2.24) is 9.13 Å². The average Bonchev–Trinajstić information content (AvgIpc) is 3.00. The number of aromatic nitrogens is 2. The summed E-state index contributed by atoms with van der Waals surface area (Å²) in [6, 6.07) is 19.8. The van der Waals surface area contributed by atoms with Crippen molar-refractivity contribution in [1.29, 1.82) is 0 Å². The molecule has 0 aliphatic carbocycles. The third-order valence-electron chi connectivity index (χ3n) is 5.00. The van der Waals surface area contributed by atoms with Gasteiger partial charge in [-0.25, -0.2) is 0 Å². The van der Waals surface area contributed by atoms with Gasteiger partial charge in [0.05, 0.1) is 0 Å². The van der Waals surface area contributed by atoms with E-state index in [4.69, 9.17) is 0 Å². The molecule has 2 heterocycles. The van der Waals surface area contributed by atoms with E-state index in [0.717, 1.165) is 4.47 Å². The quantitative estimate of drug-likeness (QED) is 0.332. The molecule has 0 N–H and O–H groups in total. The van der Waals surface area contributed by atoms with Crippen LogP contribution in [0, 0.1) is 0 Å². The molecule has 0 radical (unpaired) electrons. The van der Waals surface area contributed by atoms with Crippen LogP contribution in [0.15, 0.2) is 59.1 Å². The predicted octanol–water partition coefficient (Wildman–Crippen LogP) is 5.74. The van der Waals surface area contributed by atoms with Gasteiger partial charge in [0.15, 0.2) is 0 Å². The number of fused-ring (bicyclic) bond motifs is 6. The molecule has 2 nitrogen and oxygen atoms in total. The van der Waals surface area contributed by atoms with Gasteiger partial charge in [-0.2, -0.15) is 0 Å². The molecule has 0 aliphatic rings. The number of benzene rings is 3. The standard InChI is InChI=1S/C20H15BrN2/c1-22-17-6-4-3-5-13(17)15-10-20-16(11-19(15)22)14-9-12(21)7-8-18(14)23(20)2/h3-11H,1-2H3. The summed E-state index contributed by atoms with van der Waals surface area (Å²) in [7, 11) is 4.30. The summed E-state index contributed by atoms with van der Waals surface area (Å²) < 4.78 is 5.70. The molecule has 3 heteroatoms. The first-order chi connectivity index (χ1) is 11.1. The maximum atomic E-state index is 3.61. The van der Waals surface area contributed by atoms with Gasteiger partial charge in [-0.1, -0.05) is 34.1 Å². The summed E-state index contributed by atoms with van der Waals surface area (Å²) in [5, 5.41) is 5.24. The second kappa shape index (κ2) is 4.39. The summed E-state index contributed by atoms with van der Waals surface area (Å²) in [4.78, 5) is 0. The van der Waals surface area contributed by atoms with Crippen molar-refractivity contribution in [3.63, 3.8) is 0 Å². The van der Waals surface area contributed by atoms with Crippen LogP contribution in [0.4, 0.5) is 0 Å². The zero-order valence-corrected chi connectivity index (χ0v) is 14.6. The Bertz CT molecular complexity index is 1240. The molecule has 0 saturated heterocycles. The topological polar surface area (TPSA) is 9.86 Å². The Morgan fingerprint density at radius 3 is 1.91 bits per heavy atom. The zero-order chi connectivity index (χ0) is 15.7. The number of hydrogen-bond donors (Lipinski definition) is 0. The smallest absolute Gasteiger partial charge is 0.0496 e. The highest BCUT2D eigenvalue weighted by Gasteiger charge is 2.14. The normalized spacial score (nSPS) is 12.1. The minimum Gasteiger partial charge on any atom is -0.344 e. The van der Waals surface area contributed by atoms with Crippen molar-refractivity contribution in [2.45, 2.75) is 0 Å². The van der Waals surface area contributed by atoms with Gasteiger partial charge in [0.1, 0.15) is 0 Å². The van der Waals surface area contributed by atoms with Gasteiger partial charge in [0, 0.05) is 62.2 Å². The Morgan fingerprint density at radius 2 is 1.17 bits per heavy atom. The fraction of sp³-hybridized carbons (Fsp3) is 0.100. The summed E-state index contributed by atoms with van der Waals surface area (Å²) in [5.74, 6) is 0. The molecule has 5 aromatic rings. The van der Waals surface area contributed by atoms with Crippen LogP contribution in [0.3, 0.4) is 0 Å². The van der Waals surface area contributed by atoms with E-state index in [9.17, 15) is 0 Å². The molecule has 0 bridgehead atoms. The van der Waals surface area contributed by atoms with E-state index in [-0.39, 0.29) is 0 Å². The molecule has 5 rings (SSSR count). The van der Waals surface area contributed by atoms with Crippen LogP contribution in [-0.2, 0) is 14.1 Å². The number of halogens is 1. The lowest BCUT2D eigenvalue weighted by molar-refractivity contribution is 1.01. The van der Waals surface area contributed by atoms with Crippen LogP contribution < -0.4 is 0 Å². The van der Waals surface area contributed by atoms with Crippen LogP contribution in [0.2, 0.25) is 0 Å². The van der Waals surface area contributed by atoms with Crippen LogP contribution >= 0.6 is 15.9 Å². The SMILES string of the molecule is Cn1c2ccccc2c2cc3c(cc21)c1cc(Br)ccc1n3C. The lowest BCUT2D eigenvalue weighted by Crippen LogP contribution is -1.87. The van der Waals surface area contributed by atoms with E-state index in [1.807, 2.05) is 0 Å². The highest BCUT2D eigenvalue weighted by atomic mass is 79.9. The van der Waals surface area contributed by atoms with Gasteiger partial charge in [-0.3, -0.25) is 0 Å². The van der Waals surface area contributed by atoms with E-state index in [1.165, 1.54) is 43.6 Å². The molecule has 112 valence electrons. The molecule has 0 atom stereocenters. The van der Waals surface area contributed by atoms with Crippen LogP contribution in [0.1, 0.15) is 0 Å². The summed E-state index contributed by atoms with van der Waals surface area (Å²) in [5.41, 5.74) is 5.11. The second-order valence-electron chi connectivity index (χ2n) is 6.18. The minimum absolute atomic E-state index is 1.12. The van der Waals surface area contributed by atoms with Gasteiger partial charge in [-0.05, 0) is 36.4 Å². The average molecular weight is 363 g/mol. The molecular weight excluding hydrogens is 348 g/mol. The summed E-state index contributed by atoms with van der Waals surface area (Å²) >= 11 is 3.61. The third kappa shape index (κ3) is 1.63. The Balaban J connectivity index is 2.08. The second-order valence-corrected chi connectivity index (χ2v) is 7.10. The number of aryl methyl sites for hydroxylation is 2. The van der Waals surface area contributed by atoms with Gasteiger partial charge < -0.3 is 9.13 Å². The maximum Gasteiger partial charge on any atom is 0.0496 e. The summed E-state index contributed by atoms with van der Waals surface area (Å²) in [6.45, 7) is 0. The molecule has 0 saturated carbocycles.